The highest BCUT2D eigenvalue weighted by molar-refractivity contribution is 5.85. The van der Waals surface area contributed by atoms with Crippen LogP contribution in [0.1, 0.15) is 84.5 Å². The second-order valence-corrected chi connectivity index (χ2v) is 5.92. The Kier molecular flexibility index (Phi) is 15.6. The number of aromatic amines is 1. The molecular weight excluding hydrogens is 288 g/mol. The van der Waals surface area contributed by atoms with Gasteiger partial charge in [0.05, 0.1) is 6.33 Å². The molecule has 0 saturated heterocycles. The van der Waals surface area contributed by atoms with Crippen LogP contribution in [0.15, 0.2) is 30.4 Å². The van der Waals surface area contributed by atoms with Crippen molar-refractivity contribution in [2.24, 2.45) is 0 Å². The first-order chi connectivity index (χ1) is 11.2. The Morgan fingerprint density at radius 3 is 2.00 bits per heavy atom. The number of hydrogen-bond acceptors (Lipinski definition) is 2. The van der Waals surface area contributed by atoms with Gasteiger partial charge in [-0.25, -0.2) is 9.78 Å². The number of carboxylic acid groups (broad SMARTS) is 1. The molecule has 1 aromatic heterocycles. The van der Waals surface area contributed by atoms with Crippen molar-refractivity contribution >= 4 is 5.97 Å². The normalized spacial score (nSPS) is 11.0. The maximum atomic E-state index is 10.5. The van der Waals surface area contributed by atoms with Crippen LogP contribution in [-0.2, 0) is 4.79 Å². The van der Waals surface area contributed by atoms with Crippen LogP contribution >= 0.6 is 0 Å². The van der Waals surface area contributed by atoms with E-state index in [2.05, 4.69) is 16.9 Å². The van der Waals surface area contributed by atoms with Crippen LogP contribution in [-0.4, -0.2) is 21.0 Å². The minimum Gasteiger partial charge on any atom is -0.478 e. The molecule has 0 saturated carbocycles. The zero-order valence-electron chi connectivity index (χ0n) is 14.9. The van der Waals surface area contributed by atoms with E-state index in [0.29, 0.717) is 5.57 Å². The van der Waals surface area contributed by atoms with Gasteiger partial charge in [0.1, 0.15) is 0 Å². The summed E-state index contributed by atoms with van der Waals surface area (Å²) in [5.41, 5.74) is 0.478. The van der Waals surface area contributed by atoms with E-state index in [1.807, 2.05) is 6.08 Å². The summed E-state index contributed by atoms with van der Waals surface area (Å²) in [7, 11) is 0. The van der Waals surface area contributed by atoms with Crippen molar-refractivity contribution in [3.8, 4) is 0 Å². The molecule has 1 heterocycles. The van der Waals surface area contributed by atoms with Gasteiger partial charge >= 0.3 is 5.97 Å². The van der Waals surface area contributed by atoms with Gasteiger partial charge in [-0.3, -0.25) is 0 Å². The second-order valence-electron chi connectivity index (χ2n) is 5.92. The van der Waals surface area contributed by atoms with Crippen molar-refractivity contribution in [1.29, 1.82) is 0 Å². The number of imidazole rings is 1. The summed E-state index contributed by atoms with van der Waals surface area (Å²) in [4.78, 5) is 17.0. The van der Waals surface area contributed by atoms with Gasteiger partial charge in [0.2, 0.25) is 0 Å². The highest BCUT2D eigenvalue weighted by atomic mass is 16.4. The Hall–Kier alpha value is -1.58. The van der Waals surface area contributed by atoms with Crippen molar-refractivity contribution in [3.63, 3.8) is 0 Å². The van der Waals surface area contributed by atoms with Crippen LogP contribution in [0, 0.1) is 0 Å². The standard InChI is InChI=1S/C16H30O2.C3H4N2/c1-3-4-5-6-7-8-9-10-11-12-13-14-15(2)16(17)18;1-2-5-3-4-1/h14H,3-13H2,1-2H3,(H,17,18);1-3H,(H,4,5). The van der Waals surface area contributed by atoms with E-state index in [-0.39, 0.29) is 0 Å². The zero-order valence-corrected chi connectivity index (χ0v) is 14.9. The lowest BCUT2D eigenvalue weighted by Crippen LogP contribution is -1.95. The van der Waals surface area contributed by atoms with E-state index in [1.165, 1.54) is 57.8 Å². The van der Waals surface area contributed by atoms with Crippen molar-refractivity contribution in [2.45, 2.75) is 84.5 Å². The molecule has 0 radical (unpaired) electrons. The lowest BCUT2D eigenvalue weighted by atomic mass is 10.1. The van der Waals surface area contributed by atoms with Crippen LogP contribution in [0.4, 0.5) is 0 Å². The van der Waals surface area contributed by atoms with E-state index in [0.717, 1.165) is 12.8 Å². The topological polar surface area (TPSA) is 66.0 Å². The number of nitrogens with one attached hydrogen (secondary N) is 1. The number of nitrogens with zero attached hydrogens (tertiary/aromatic N) is 1. The minimum absolute atomic E-state index is 0.478. The number of aromatic nitrogens is 2. The fraction of sp³-hybridized carbons (Fsp3) is 0.684. The second kappa shape index (κ2) is 16.8. The predicted molar refractivity (Wildman–Crippen MR) is 96.4 cm³/mol. The maximum absolute atomic E-state index is 10.5. The van der Waals surface area contributed by atoms with Crippen molar-refractivity contribution in [1.82, 2.24) is 9.97 Å². The number of rotatable bonds is 12. The van der Waals surface area contributed by atoms with Crippen LogP contribution in [0.3, 0.4) is 0 Å². The smallest absolute Gasteiger partial charge is 0.330 e. The van der Waals surface area contributed by atoms with Gasteiger partial charge in [-0.05, 0) is 19.8 Å². The first-order valence-corrected chi connectivity index (χ1v) is 9.01. The molecule has 0 bridgehead atoms. The van der Waals surface area contributed by atoms with Crippen molar-refractivity contribution in [3.05, 3.63) is 30.4 Å². The number of H-pyrrole nitrogens is 1. The van der Waals surface area contributed by atoms with E-state index in [9.17, 15) is 4.79 Å². The molecule has 0 atom stereocenters. The Morgan fingerprint density at radius 2 is 1.61 bits per heavy atom. The van der Waals surface area contributed by atoms with E-state index in [1.54, 1.807) is 25.6 Å². The molecule has 0 spiro atoms. The zero-order chi connectivity index (χ0) is 17.2. The quantitative estimate of drug-likeness (QED) is 0.381. The van der Waals surface area contributed by atoms with Gasteiger partial charge in [-0.15, -0.1) is 0 Å². The molecule has 0 fully saturated rings. The molecule has 2 N–H and O–H groups in total. The van der Waals surface area contributed by atoms with Crippen LogP contribution in [0.5, 0.6) is 0 Å². The third kappa shape index (κ3) is 16.6. The number of allylic oxidation sites excluding steroid dienone is 1. The summed E-state index contributed by atoms with van der Waals surface area (Å²) >= 11 is 0. The molecule has 4 nitrogen and oxygen atoms in total. The third-order valence-corrected chi connectivity index (χ3v) is 3.75. The molecule has 132 valence electrons. The lowest BCUT2D eigenvalue weighted by Gasteiger charge is -2.01. The average Bonchev–Trinajstić information content (AvgIpc) is 3.12. The maximum Gasteiger partial charge on any atom is 0.330 e. The van der Waals surface area contributed by atoms with Crippen LogP contribution < -0.4 is 0 Å². The number of carbonyl (C=O) groups is 1. The highest BCUT2D eigenvalue weighted by Crippen LogP contribution is 2.11. The summed E-state index contributed by atoms with van der Waals surface area (Å²) in [6.07, 6.45) is 21.1. The molecule has 0 amide bonds. The van der Waals surface area contributed by atoms with E-state index < -0.39 is 5.97 Å². The molecule has 0 aromatic carbocycles. The summed E-state index contributed by atoms with van der Waals surface area (Å²) in [5, 5.41) is 8.68. The average molecular weight is 322 g/mol. The van der Waals surface area contributed by atoms with Crippen LogP contribution in [0.25, 0.3) is 0 Å². The third-order valence-electron chi connectivity index (χ3n) is 3.75. The van der Waals surface area contributed by atoms with E-state index in [4.69, 9.17) is 5.11 Å². The molecule has 0 unspecified atom stereocenters. The van der Waals surface area contributed by atoms with Crippen molar-refractivity contribution < 1.29 is 9.90 Å². The minimum atomic E-state index is -0.790. The predicted octanol–water partition coefficient (Wildman–Crippen LogP) is 5.74. The molecule has 0 aliphatic carbocycles. The largest absolute Gasteiger partial charge is 0.478 e. The monoisotopic (exact) mass is 322 g/mol. The fourth-order valence-corrected chi connectivity index (χ4v) is 2.25. The first kappa shape index (κ1) is 21.4. The van der Waals surface area contributed by atoms with Gasteiger partial charge in [-0.1, -0.05) is 70.8 Å². The Morgan fingerprint density at radius 1 is 1.04 bits per heavy atom. The SMILES string of the molecule is CCCCCCCCCCCCC=C(C)C(=O)O.c1c[nH]cn1. The molecular formula is C19H34N2O2. The summed E-state index contributed by atoms with van der Waals surface area (Å²) < 4.78 is 0. The number of carboxylic acids is 1. The molecule has 4 heteroatoms. The summed E-state index contributed by atoms with van der Waals surface area (Å²) in [6.45, 7) is 3.92. The van der Waals surface area contributed by atoms with Crippen molar-refractivity contribution in [2.75, 3.05) is 0 Å². The number of hydrogen-bond donors (Lipinski definition) is 2. The van der Waals surface area contributed by atoms with Gasteiger partial charge < -0.3 is 10.1 Å². The Bertz CT molecular complexity index is 369. The fourth-order valence-electron chi connectivity index (χ4n) is 2.25. The van der Waals surface area contributed by atoms with E-state index >= 15 is 0 Å². The highest BCUT2D eigenvalue weighted by Gasteiger charge is 1.97. The summed E-state index contributed by atoms with van der Waals surface area (Å²) in [6, 6.07) is 0. The van der Waals surface area contributed by atoms with Gasteiger partial charge in [-0.2, -0.15) is 0 Å². The molecule has 1 aromatic rings. The van der Waals surface area contributed by atoms with Crippen LogP contribution in [0.2, 0.25) is 0 Å². The lowest BCUT2D eigenvalue weighted by molar-refractivity contribution is -0.132. The Balaban J connectivity index is 0.000000809. The van der Waals surface area contributed by atoms with Gasteiger partial charge in [0.25, 0.3) is 0 Å². The van der Waals surface area contributed by atoms with Gasteiger partial charge in [0.15, 0.2) is 0 Å². The molecule has 1 rings (SSSR count). The molecule has 23 heavy (non-hydrogen) atoms. The summed E-state index contributed by atoms with van der Waals surface area (Å²) in [5.74, 6) is -0.790. The number of aliphatic carboxylic acids is 1. The molecule has 0 aliphatic heterocycles. The number of unbranched alkanes of at least 4 members (excludes halogenated alkanes) is 10. The Labute approximate surface area is 141 Å². The first-order valence-electron chi connectivity index (χ1n) is 9.01. The molecule has 0 aliphatic rings. The van der Waals surface area contributed by atoms with Gasteiger partial charge in [0, 0.05) is 18.0 Å².